The summed E-state index contributed by atoms with van der Waals surface area (Å²) in [6.07, 6.45) is 4.34. The first kappa shape index (κ1) is 24.7. The average Bonchev–Trinajstić information content (AvgIpc) is 3.11. The lowest BCUT2D eigenvalue weighted by atomic mass is 10.1. The maximum absolute atomic E-state index is 11.1. The summed E-state index contributed by atoms with van der Waals surface area (Å²) < 4.78 is 68.0. The number of aromatic nitrogens is 1. The summed E-state index contributed by atoms with van der Waals surface area (Å²) in [6.45, 7) is 0.792. The quantitative estimate of drug-likeness (QED) is 0.312. The number of pyridine rings is 1. The minimum absolute atomic E-state index is 0.218. The van der Waals surface area contributed by atoms with Gasteiger partial charge in [-0.05, 0) is 36.3 Å². The minimum atomic E-state index is -4.28. The Labute approximate surface area is 203 Å². The molecule has 0 atom stereocenters. The molecule has 0 bridgehead atoms. The molecule has 4 rings (SSSR count). The highest BCUT2D eigenvalue weighted by Gasteiger charge is 2.25. The Hall–Kier alpha value is -2.44. The van der Waals surface area contributed by atoms with Gasteiger partial charge < -0.3 is 14.0 Å². The van der Waals surface area contributed by atoms with Crippen LogP contribution in [0.2, 0.25) is 0 Å². The number of hydrogen-bond acceptors (Lipinski definition) is 8. The summed E-state index contributed by atoms with van der Waals surface area (Å²) in [6, 6.07) is 17.5. The second kappa shape index (κ2) is 10.0. The number of hydrogen-bond donors (Lipinski definition) is 0. The van der Waals surface area contributed by atoms with E-state index >= 15 is 0 Å². The van der Waals surface area contributed by atoms with Crippen LogP contribution in [-0.2, 0) is 26.8 Å². The predicted molar refractivity (Wildman–Crippen MR) is 130 cm³/mol. The SMILES string of the molecule is O=S(=O)([O-])CCCN1C(=Cc2cc[n+](CCCS(=O)(=O)[O-])c3ccccc23)Sc2ccccc21. The second-order valence-electron chi connectivity index (χ2n) is 7.92. The van der Waals surface area contributed by atoms with Crippen LogP contribution in [0.25, 0.3) is 17.0 Å². The van der Waals surface area contributed by atoms with Gasteiger partial charge in [-0.25, -0.2) is 16.8 Å². The molecule has 0 saturated carbocycles. The van der Waals surface area contributed by atoms with Crippen molar-refractivity contribution in [3.63, 3.8) is 0 Å². The number of aryl methyl sites for hydroxylation is 1. The molecule has 0 spiro atoms. The van der Waals surface area contributed by atoms with E-state index in [9.17, 15) is 25.9 Å². The first-order valence-corrected chi connectivity index (χ1v) is 14.6. The summed E-state index contributed by atoms with van der Waals surface area (Å²) >= 11 is 1.58. The summed E-state index contributed by atoms with van der Waals surface area (Å²) in [5, 5.41) is 1.88. The molecule has 3 aromatic rings. The number of para-hydroxylation sites is 2. The van der Waals surface area contributed by atoms with Gasteiger partial charge in [0, 0.05) is 41.5 Å². The van der Waals surface area contributed by atoms with Crippen LogP contribution >= 0.6 is 11.8 Å². The normalized spacial score (nSPS) is 15.2. The zero-order valence-electron chi connectivity index (χ0n) is 18.2. The van der Waals surface area contributed by atoms with Crippen LogP contribution in [-0.4, -0.2) is 44.0 Å². The third-order valence-corrected chi connectivity index (χ3v) is 8.13. The van der Waals surface area contributed by atoms with Crippen molar-refractivity contribution in [1.29, 1.82) is 0 Å². The Morgan fingerprint density at radius 2 is 1.56 bits per heavy atom. The monoisotopic (exact) mass is 519 g/mol. The van der Waals surface area contributed by atoms with Crippen LogP contribution < -0.4 is 9.47 Å². The van der Waals surface area contributed by atoms with Gasteiger partial charge in [-0.1, -0.05) is 36.0 Å². The van der Waals surface area contributed by atoms with E-state index < -0.39 is 31.7 Å². The summed E-state index contributed by atoms with van der Waals surface area (Å²) in [5.74, 6) is -0.833. The van der Waals surface area contributed by atoms with Crippen molar-refractivity contribution < 1.29 is 30.5 Å². The lowest BCUT2D eigenvalue weighted by Gasteiger charge is -2.21. The molecule has 0 fully saturated rings. The fourth-order valence-electron chi connectivity index (χ4n) is 3.96. The molecule has 34 heavy (non-hydrogen) atoms. The van der Waals surface area contributed by atoms with Gasteiger partial charge in [0.15, 0.2) is 6.20 Å². The zero-order chi connectivity index (χ0) is 24.3. The number of benzene rings is 2. The Bertz CT molecular complexity index is 1450. The van der Waals surface area contributed by atoms with Crippen molar-refractivity contribution in [3.05, 3.63) is 71.4 Å². The van der Waals surface area contributed by atoms with E-state index in [4.69, 9.17) is 0 Å². The first-order chi connectivity index (χ1) is 16.1. The molecule has 0 saturated heterocycles. The van der Waals surface area contributed by atoms with Crippen LogP contribution in [0.5, 0.6) is 0 Å². The van der Waals surface area contributed by atoms with Crippen LogP contribution in [0, 0.1) is 0 Å². The van der Waals surface area contributed by atoms with Crippen molar-refractivity contribution in [2.75, 3.05) is 23.0 Å². The van der Waals surface area contributed by atoms with Crippen molar-refractivity contribution in [2.45, 2.75) is 24.3 Å². The van der Waals surface area contributed by atoms with Crippen LogP contribution in [0.4, 0.5) is 5.69 Å². The summed E-state index contributed by atoms with van der Waals surface area (Å²) in [7, 11) is -8.54. The topological polar surface area (TPSA) is 122 Å². The molecular formula is C23H23N2O6S3-. The molecule has 1 aromatic heterocycles. The van der Waals surface area contributed by atoms with Crippen LogP contribution in [0.15, 0.2) is 70.7 Å². The fourth-order valence-corrected chi connectivity index (χ4v) is 6.07. The van der Waals surface area contributed by atoms with Gasteiger partial charge in [-0.15, -0.1) is 0 Å². The summed E-state index contributed by atoms with van der Waals surface area (Å²) in [5.41, 5.74) is 2.82. The second-order valence-corrected chi connectivity index (χ2v) is 12.0. The molecule has 1 aliphatic rings. The number of thioether (sulfide) groups is 1. The van der Waals surface area contributed by atoms with Gasteiger partial charge in [-0.3, -0.25) is 0 Å². The maximum Gasteiger partial charge on any atom is 0.213 e. The highest BCUT2D eigenvalue weighted by molar-refractivity contribution is 8.03. The standard InChI is InChI=1S/C23H24N2O6S3/c26-33(27,28)15-5-12-24-14-11-18(19-7-1-2-8-20(19)24)17-23-25(13-6-16-34(29,30)31)21-9-3-4-10-22(21)32-23/h1-4,7-11,14,17H,5-6,12-13,15-16H2,(H-,26,27,28,29,30,31)/p-1. The molecule has 1 aliphatic heterocycles. The Morgan fingerprint density at radius 3 is 2.32 bits per heavy atom. The van der Waals surface area contributed by atoms with Crippen molar-refractivity contribution >= 4 is 54.7 Å². The molecule has 0 unspecified atom stereocenters. The van der Waals surface area contributed by atoms with Gasteiger partial charge in [0.2, 0.25) is 5.52 Å². The Morgan fingerprint density at radius 1 is 0.882 bits per heavy atom. The molecule has 11 heteroatoms. The van der Waals surface area contributed by atoms with E-state index in [1.165, 1.54) is 0 Å². The van der Waals surface area contributed by atoms with Crippen LogP contribution in [0.1, 0.15) is 18.4 Å². The van der Waals surface area contributed by atoms with Gasteiger partial charge in [0.05, 0.1) is 36.3 Å². The minimum Gasteiger partial charge on any atom is -0.748 e. The smallest absolute Gasteiger partial charge is 0.213 e. The molecule has 2 heterocycles. The molecular weight excluding hydrogens is 496 g/mol. The first-order valence-electron chi connectivity index (χ1n) is 10.7. The molecule has 2 aromatic carbocycles. The van der Waals surface area contributed by atoms with E-state index in [0.29, 0.717) is 13.1 Å². The lowest BCUT2D eigenvalue weighted by molar-refractivity contribution is -0.671. The van der Waals surface area contributed by atoms with Crippen molar-refractivity contribution in [1.82, 2.24) is 0 Å². The Kier molecular flexibility index (Phi) is 7.29. The third-order valence-electron chi connectivity index (χ3n) is 5.44. The largest absolute Gasteiger partial charge is 0.748 e. The van der Waals surface area contributed by atoms with E-state index in [1.807, 2.05) is 76.3 Å². The highest BCUT2D eigenvalue weighted by atomic mass is 32.2. The maximum atomic E-state index is 11.1. The zero-order valence-corrected chi connectivity index (χ0v) is 20.6. The molecule has 0 aliphatic carbocycles. The molecule has 0 N–H and O–H groups in total. The Balaban J connectivity index is 1.66. The van der Waals surface area contributed by atoms with Gasteiger partial charge in [-0.2, -0.15) is 4.57 Å². The average molecular weight is 520 g/mol. The number of rotatable bonds is 9. The van der Waals surface area contributed by atoms with Crippen molar-refractivity contribution in [2.24, 2.45) is 0 Å². The molecule has 0 radical (unpaired) electrons. The van der Waals surface area contributed by atoms with Gasteiger partial charge >= 0.3 is 0 Å². The van der Waals surface area contributed by atoms with E-state index in [0.717, 1.165) is 32.1 Å². The lowest BCUT2D eigenvalue weighted by Crippen LogP contribution is -2.35. The van der Waals surface area contributed by atoms with E-state index in [2.05, 4.69) is 0 Å². The third kappa shape index (κ3) is 6.16. The summed E-state index contributed by atoms with van der Waals surface area (Å²) in [4.78, 5) is 3.08. The predicted octanol–water partition coefficient (Wildman–Crippen LogP) is 2.91. The number of nitrogens with zero attached hydrogens (tertiary/aromatic N) is 2. The van der Waals surface area contributed by atoms with Gasteiger partial charge in [0.1, 0.15) is 6.54 Å². The molecule has 8 nitrogen and oxygen atoms in total. The van der Waals surface area contributed by atoms with Gasteiger partial charge in [0.25, 0.3) is 0 Å². The molecule has 0 amide bonds. The van der Waals surface area contributed by atoms with E-state index in [-0.39, 0.29) is 12.8 Å². The van der Waals surface area contributed by atoms with Crippen LogP contribution in [0.3, 0.4) is 0 Å². The molecule has 180 valence electrons. The number of fused-ring (bicyclic) bond motifs is 2. The van der Waals surface area contributed by atoms with Crippen molar-refractivity contribution in [3.8, 4) is 0 Å². The fraction of sp³-hybridized carbons (Fsp3) is 0.261. The van der Waals surface area contributed by atoms with E-state index in [1.54, 1.807) is 11.8 Å². The number of anilines is 1. The highest BCUT2D eigenvalue weighted by Crippen LogP contribution is 2.46.